The van der Waals surface area contributed by atoms with Crippen LogP contribution in [-0.4, -0.2) is 10.9 Å². The summed E-state index contributed by atoms with van der Waals surface area (Å²) >= 11 is 5.89. The normalized spacial score (nSPS) is 9.89. The molecule has 19 heavy (non-hydrogen) atoms. The summed E-state index contributed by atoms with van der Waals surface area (Å²) in [4.78, 5) is 14.7. The zero-order chi connectivity index (χ0) is 13.8. The number of carbonyl (C=O) groups excluding carboxylic acids is 1. The molecule has 0 radical (unpaired) electrons. The molecule has 2 rings (SSSR count). The lowest BCUT2D eigenvalue weighted by Crippen LogP contribution is -2.11. The highest BCUT2D eigenvalue weighted by molar-refractivity contribution is 6.32. The number of rotatable bonds is 4. The van der Waals surface area contributed by atoms with Crippen molar-refractivity contribution in [3.05, 3.63) is 46.6 Å². The number of hydrogen-bond acceptors (Lipinski definition) is 5. The fourth-order valence-corrected chi connectivity index (χ4v) is 1.68. The second-order valence-electron chi connectivity index (χ2n) is 3.62. The summed E-state index contributed by atoms with van der Waals surface area (Å²) < 4.78 is 5.06. The lowest BCUT2D eigenvalue weighted by Gasteiger charge is -2.06. The van der Waals surface area contributed by atoms with E-state index in [1.807, 2.05) is 6.07 Å². The number of nitrogens with zero attached hydrogens (tertiary/aromatic N) is 2. The van der Waals surface area contributed by atoms with Crippen LogP contribution in [-0.2, 0) is 6.54 Å². The maximum absolute atomic E-state index is 10.9. The third kappa shape index (κ3) is 2.84. The minimum atomic E-state index is -0.657. The Labute approximate surface area is 113 Å². The Hall–Kier alpha value is -2.52. The highest BCUT2D eigenvalue weighted by atomic mass is 35.5. The third-order valence-electron chi connectivity index (χ3n) is 2.36. The van der Waals surface area contributed by atoms with E-state index >= 15 is 0 Å². The van der Waals surface area contributed by atoms with Crippen molar-refractivity contribution in [3.63, 3.8) is 0 Å². The molecule has 0 saturated heterocycles. The van der Waals surface area contributed by atoms with Gasteiger partial charge in [-0.2, -0.15) is 5.26 Å². The van der Waals surface area contributed by atoms with Gasteiger partial charge in [0, 0.05) is 0 Å². The van der Waals surface area contributed by atoms with E-state index < -0.39 is 5.91 Å². The maximum Gasteiger partial charge on any atom is 0.270 e. The molecule has 1 heterocycles. The molecule has 0 fully saturated rings. The van der Waals surface area contributed by atoms with E-state index in [2.05, 4.69) is 10.3 Å². The number of benzene rings is 1. The molecule has 0 aliphatic rings. The molecule has 0 atom stereocenters. The van der Waals surface area contributed by atoms with Gasteiger partial charge in [0.2, 0.25) is 5.89 Å². The van der Waals surface area contributed by atoms with E-state index in [-0.39, 0.29) is 18.1 Å². The van der Waals surface area contributed by atoms with Crippen LogP contribution >= 0.6 is 11.6 Å². The quantitative estimate of drug-likeness (QED) is 0.887. The first-order valence-electron chi connectivity index (χ1n) is 5.28. The molecule has 0 saturated carbocycles. The van der Waals surface area contributed by atoms with Gasteiger partial charge in [-0.15, -0.1) is 0 Å². The Morgan fingerprint density at radius 1 is 1.58 bits per heavy atom. The summed E-state index contributed by atoms with van der Waals surface area (Å²) in [6.45, 7) is 0.211. The smallest absolute Gasteiger partial charge is 0.270 e. The molecule has 1 amide bonds. The summed E-state index contributed by atoms with van der Waals surface area (Å²) in [5.74, 6) is -0.367. The number of anilines is 1. The topological polar surface area (TPSA) is 105 Å². The number of nitriles is 1. The van der Waals surface area contributed by atoms with E-state index in [9.17, 15) is 4.79 Å². The number of amides is 1. The van der Waals surface area contributed by atoms with Crippen molar-refractivity contribution in [2.45, 2.75) is 6.54 Å². The maximum atomic E-state index is 10.9. The molecule has 2 aromatic rings. The number of primary amides is 1. The van der Waals surface area contributed by atoms with E-state index in [0.29, 0.717) is 16.3 Å². The molecule has 96 valence electrons. The molecule has 0 spiro atoms. The number of nitrogens with one attached hydrogen (secondary N) is 1. The zero-order valence-corrected chi connectivity index (χ0v) is 10.4. The molecule has 0 unspecified atom stereocenters. The van der Waals surface area contributed by atoms with Crippen molar-refractivity contribution in [2.75, 3.05) is 5.32 Å². The van der Waals surface area contributed by atoms with Crippen LogP contribution < -0.4 is 11.1 Å². The van der Waals surface area contributed by atoms with Gasteiger partial charge < -0.3 is 15.5 Å². The lowest BCUT2D eigenvalue weighted by atomic mass is 10.2. The summed E-state index contributed by atoms with van der Waals surface area (Å²) in [6, 6.07) is 7.06. The average molecular weight is 277 g/mol. The fraction of sp³-hybridized carbons (Fsp3) is 0.0833. The van der Waals surface area contributed by atoms with Gasteiger partial charge >= 0.3 is 0 Å². The van der Waals surface area contributed by atoms with Crippen LogP contribution in [0.3, 0.4) is 0 Å². The number of aromatic nitrogens is 1. The van der Waals surface area contributed by atoms with Crippen LogP contribution in [0.1, 0.15) is 21.9 Å². The van der Waals surface area contributed by atoms with Crippen LogP contribution in [0.2, 0.25) is 5.02 Å². The SMILES string of the molecule is N#Cc1c(Cl)cccc1NCc1nc(C(N)=O)co1. The Balaban J connectivity index is 2.12. The van der Waals surface area contributed by atoms with E-state index in [1.165, 1.54) is 6.26 Å². The Bertz CT molecular complexity index is 660. The van der Waals surface area contributed by atoms with Gasteiger partial charge in [-0.05, 0) is 12.1 Å². The average Bonchev–Trinajstić information content (AvgIpc) is 2.85. The molecule has 7 heteroatoms. The predicted octanol–water partition coefficient (Wildman–Crippen LogP) is 1.91. The van der Waals surface area contributed by atoms with Crippen molar-refractivity contribution >= 4 is 23.2 Å². The molecule has 1 aromatic carbocycles. The molecule has 0 aliphatic carbocycles. The molecule has 0 bridgehead atoms. The monoisotopic (exact) mass is 276 g/mol. The van der Waals surface area contributed by atoms with Gasteiger partial charge in [-0.25, -0.2) is 4.98 Å². The van der Waals surface area contributed by atoms with Gasteiger partial charge in [0.25, 0.3) is 5.91 Å². The molecule has 0 aliphatic heterocycles. The van der Waals surface area contributed by atoms with E-state index in [4.69, 9.17) is 27.0 Å². The van der Waals surface area contributed by atoms with E-state index in [0.717, 1.165) is 0 Å². The standard InChI is InChI=1S/C12H9ClN4O2/c13-8-2-1-3-9(7(8)4-14)16-5-11-17-10(6-19-11)12(15)18/h1-3,6,16H,5H2,(H2,15,18). The number of nitrogens with two attached hydrogens (primary N) is 1. The fourth-order valence-electron chi connectivity index (χ4n) is 1.46. The van der Waals surface area contributed by atoms with Crippen LogP contribution in [0.4, 0.5) is 5.69 Å². The predicted molar refractivity (Wildman–Crippen MR) is 68.5 cm³/mol. The van der Waals surface area contributed by atoms with Gasteiger partial charge in [-0.1, -0.05) is 17.7 Å². The van der Waals surface area contributed by atoms with Gasteiger partial charge in [0.05, 0.1) is 22.8 Å². The molecule has 1 aromatic heterocycles. The molecule has 6 nitrogen and oxygen atoms in total. The van der Waals surface area contributed by atoms with Crippen molar-refractivity contribution in [2.24, 2.45) is 5.73 Å². The third-order valence-corrected chi connectivity index (χ3v) is 2.67. The summed E-state index contributed by atoms with van der Waals surface area (Å²) in [7, 11) is 0. The number of oxazole rings is 1. The van der Waals surface area contributed by atoms with Crippen LogP contribution in [0.25, 0.3) is 0 Å². The van der Waals surface area contributed by atoms with Crippen molar-refractivity contribution in [3.8, 4) is 6.07 Å². The van der Waals surface area contributed by atoms with Crippen molar-refractivity contribution in [1.82, 2.24) is 4.98 Å². The van der Waals surface area contributed by atoms with Crippen molar-refractivity contribution in [1.29, 1.82) is 5.26 Å². The van der Waals surface area contributed by atoms with Crippen LogP contribution in [0.5, 0.6) is 0 Å². The molecular weight excluding hydrogens is 268 g/mol. The second kappa shape index (κ2) is 5.42. The molecular formula is C12H9ClN4O2. The van der Waals surface area contributed by atoms with Gasteiger partial charge in [0.15, 0.2) is 5.69 Å². The Morgan fingerprint density at radius 3 is 3.00 bits per heavy atom. The second-order valence-corrected chi connectivity index (χ2v) is 4.03. The Kier molecular flexibility index (Phi) is 3.68. The minimum absolute atomic E-state index is 0.0587. The first-order valence-corrected chi connectivity index (χ1v) is 5.66. The summed E-state index contributed by atoms with van der Waals surface area (Å²) in [5.41, 5.74) is 6.02. The summed E-state index contributed by atoms with van der Waals surface area (Å²) in [5, 5.41) is 12.3. The highest BCUT2D eigenvalue weighted by Gasteiger charge is 2.10. The van der Waals surface area contributed by atoms with Crippen LogP contribution in [0, 0.1) is 11.3 Å². The molecule has 3 N–H and O–H groups in total. The van der Waals surface area contributed by atoms with Gasteiger partial charge in [0.1, 0.15) is 12.3 Å². The van der Waals surface area contributed by atoms with E-state index in [1.54, 1.807) is 18.2 Å². The number of carbonyl (C=O) groups is 1. The zero-order valence-electron chi connectivity index (χ0n) is 9.68. The van der Waals surface area contributed by atoms with Gasteiger partial charge in [-0.3, -0.25) is 4.79 Å². The minimum Gasteiger partial charge on any atom is -0.446 e. The summed E-state index contributed by atoms with van der Waals surface area (Å²) in [6.07, 6.45) is 1.18. The first kappa shape index (κ1) is 12.9. The highest BCUT2D eigenvalue weighted by Crippen LogP contribution is 2.23. The lowest BCUT2D eigenvalue weighted by molar-refractivity contribution is 0.0995. The largest absolute Gasteiger partial charge is 0.446 e. The Morgan fingerprint density at radius 2 is 2.37 bits per heavy atom. The van der Waals surface area contributed by atoms with Crippen LogP contribution in [0.15, 0.2) is 28.9 Å². The first-order chi connectivity index (χ1) is 9.11. The number of hydrogen-bond donors (Lipinski definition) is 2. The number of halogens is 1. The van der Waals surface area contributed by atoms with Crippen molar-refractivity contribution < 1.29 is 9.21 Å².